The predicted octanol–water partition coefficient (Wildman–Crippen LogP) is 4.46. The lowest BCUT2D eigenvalue weighted by Gasteiger charge is -2.28. The largest absolute Gasteiger partial charge is 0.273 e. The Hall–Kier alpha value is -4.07. The molecule has 10 heteroatoms. The highest BCUT2D eigenvalue weighted by atomic mass is 32.1. The fourth-order valence-electron chi connectivity index (χ4n) is 5.40. The number of nitro groups is 1. The van der Waals surface area contributed by atoms with Crippen LogP contribution < -0.4 is 9.96 Å². The van der Waals surface area contributed by atoms with Crippen LogP contribution in [0.25, 0.3) is 0 Å². The van der Waals surface area contributed by atoms with Crippen molar-refractivity contribution >= 4 is 39.5 Å². The Kier molecular flexibility index (Phi) is 5.32. The van der Waals surface area contributed by atoms with E-state index in [0.717, 1.165) is 41.0 Å². The summed E-state index contributed by atoms with van der Waals surface area (Å²) in [5, 5.41) is 23.2. The summed E-state index contributed by atoms with van der Waals surface area (Å²) in [4.78, 5) is 46.8. The minimum Gasteiger partial charge on any atom is -0.273 e. The molecule has 2 fully saturated rings. The van der Waals surface area contributed by atoms with Gasteiger partial charge in [0.15, 0.2) is 6.10 Å². The van der Waals surface area contributed by atoms with Crippen molar-refractivity contribution in [1.82, 2.24) is 0 Å². The normalized spacial score (nSPS) is 22.9. The van der Waals surface area contributed by atoms with E-state index in [4.69, 9.17) is 4.84 Å². The molecule has 2 aromatic carbocycles. The maximum absolute atomic E-state index is 13.9. The maximum atomic E-state index is 13.9. The highest BCUT2D eigenvalue weighted by Crippen LogP contribution is 2.50. The van der Waals surface area contributed by atoms with Gasteiger partial charge in [-0.1, -0.05) is 30.3 Å². The third-order valence-corrected chi connectivity index (χ3v) is 8.29. The topological polar surface area (TPSA) is 117 Å². The average molecular weight is 501 g/mol. The molecular weight excluding hydrogens is 480 g/mol. The van der Waals surface area contributed by atoms with Gasteiger partial charge in [0.2, 0.25) is 5.91 Å². The van der Waals surface area contributed by atoms with Gasteiger partial charge in [-0.25, -0.2) is 9.96 Å². The summed E-state index contributed by atoms with van der Waals surface area (Å²) in [7, 11) is 0. The number of hydrogen-bond acceptors (Lipinski definition) is 8. The summed E-state index contributed by atoms with van der Waals surface area (Å²) < 4.78 is 0. The smallest absolute Gasteiger partial charge is 0.269 e. The van der Waals surface area contributed by atoms with Gasteiger partial charge >= 0.3 is 0 Å². The van der Waals surface area contributed by atoms with Crippen LogP contribution in [0, 0.1) is 27.4 Å². The van der Waals surface area contributed by atoms with Crippen molar-refractivity contribution in [3.63, 3.8) is 0 Å². The van der Waals surface area contributed by atoms with Crippen LogP contribution in [-0.4, -0.2) is 22.8 Å². The van der Waals surface area contributed by atoms with Gasteiger partial charge in [-0.15, -0.1) is 11.3 Å². The van der Waals surface area contributed by atoms with E-state index >= 15 is 0 Å². The monoisotopic (exact) mass is 500 g/mol. The van der Waals surface area contributed by atoms with Gasteiger partial charge in [0.1, 0.15) is 17.0 Å². The quantitative estimate of drug-likeness (QED) is 0.295. The lowest BCUT2D eigenvalue weighted by molar-refractivity contribution is -0.384. The molecule has 0 N–H and O–H groups in total. The molecule has 3 atom stereocenters. The minimum absolute atomic E-state index is 0.115. The summed E-state index contributed by atoms with van der Waals surface area (Å²) in [5.41, 5.74) is 2.33. The van der Waals surface area contributed by atoms with Gasteiger partial charge in [0.25, 0.3) is 11.6 Å². The number of amides is 2. The van der Waals surface area contributed by atoms with Crippen LogP contribution in [-0.2, 0) is 27.3 Å². The molecule has 0 radical (unpaired) electrons. The van der Waals surface area contributed by atoms with Crippen molar-refractivity contribution in [2.45, 2.75) is 37.8 Å². The van der Waals surface area contributed by atoms with Gasteiger partial charge in [-0.3, -0.25) is 24.5 Å². The molecule has 2 saturated heterocycles. The van der Waals surface area contributed by atoms with E-state index in [1.807, 2.05) is 18.2 Å². The standard InChI is InChI=1S/C26H20N4O5S/c27-14-19-18-11-4-5-12-20(18)36-26(19)28-24(31)21-22(15-7-6-10-17(13-15)30(33)34)29(35-23(21)25(28)32)16-8-2-1-3-9-16/h1-3,6-10,13,21-23H,4-5,11-12H2. The van der Waals surface area contributed by atoms with Crippen LogP contribution in [0.4, 0.5) is 16.4 Å². The van der Waals surface area contributed by atoms with E-state index in [9.17, 15) is 25.0 Å². The molecule has 0 saturated carbocycles. The first-order chi connectivity index (χ1) is 17.5. The van der Waals surface area contributed by atoms with Crippen LogP contribution in [0.5, 0.6) is 0 Å². The highest BCUT2D eigenvalue weighted by molar-refractivity contribution is 7.17. The van der Waals surface area contributed by atoms with E-state index in [0.29, 0.717) is 21.8 Å². The number of nitro benzene ring substituents is 1. The molecule has 2 aliphatic heterocycles. The van der Waals surface area contributed by atoms with E-state index in [1.54, 1.807) is 24.3 Å². The third kappa shape index (κ3) is 3.31. The number of rotatable bonds is 4. The molecule has 3 aromatic rings. The van der Waals surface area contributed by atoms with Crippen LogP contribution in [0.2, 0.25) is 0 Å². The van der Waals surface area contributed by atoms with Crippen molar-refractivity contribution in [3.8, 4) is 6.07 Å². The Balaban J connectivity index is 1.45. The number of anilines is 2. The Morgan fingerprint density at radius 3 is 2.58 bits per heavy atom. The number of hydrogen-bond donors (Lipinski definition) is 0. The Labute approximate surface area is 210 Å². The second-order valence-electron chi connectivity index (χ2n) is 9.02. The first-order valence-electron chi connectivity index (χ1n) is 11.7. The van der Waals surface area contributed by atoms with Crippen LogP contribution in [0.15, 0.2) is 54.6 Å². The van der Waals surface area contributed by atoms with Crippen molar-refractivity contribution in [2.75, 3.05) is 9.96 Å². The zero-order chi connectivity index (χ0) is 25.0. The molecule has 3 heterocycles. The van der Waals surface area contributed by atoms with E-state index < -0.39 is 34.8 Å². The number of imide groups is 1. The van der Waals surface area contributed by atoms with E-state index in [1.165, 1.54) is 28.5 Å². The molecule has 1 aliphatic carbocycles. The number of benzene rings is 2. The van der Waals surface area contributed by atoms with Gasteiger partial charge in [0, 0.05) is 17.0 Å². The number of carbonyl (C=O) groups excluding carboxylic acids is 2. The van der Waals surface area contributed by atoms with Gasteiger partial charge in [0.05, 0.1) is 22.2 Å². The van der Waals surface area contributed by atoms with Crippen LogP contribution in [0.1, 0.15) is 40.5 Å². The number of para-hydroxylation sites is 1. The summed E-state index contributed by atoms with van der Waals surface area (Å²) in [5.74, 6) is -1.91. The zero-order valence-corrected chi connectivity index (χ0v) is 19.8. The highest BCUT2D eigenvalue weighted by Gasteiger charge is 2.61. The fraction of sp³-hybridized carbons (Fsp3) is 0.269. The molecule has 6 rings (SSSR count). The zero-order valence-electron chi connectivity index (χ0n) is 19.0. The lowest BCUT2D eigenvalue weighted by Crippen LogP contribution is -2.37. The minimum atomic E-state index is -1.10. The molecule has 180 valence electrons. The summed E-state index contributed by atoms with van der Waals surface area (Å²) in [6.07, 6.45) is 2.45. The van der Waals surface area contributed by atoms with Crippen LogP contribution in [0.3, 0.4) is 0 Å². The summed E-state index contributed by atoms with van der Waals surface area (Å²) in [6.45, 7) is 0. The summed E-state index contributed by atoms with van der Waals surface area (Å²) in [6, 6.07) is 16.5. The number of nitrogens with zero attached hydrogens (tertiary/aromatic N) is 4. The average Bonchev–Trinajstić information content (AvgIpc) is 3.54. The number of non-ortho nitro benzene ring substituents is 1. The predicted molar refractivity (Wildman–Crippen MR) is 131 cm³/mol. The van der Waals surface area contributed by atoms with Crippen LogP contribution >= 0.6 is 11.3 Å². The number of aryl methyl sites for hydroxylation is 1. The van der Waals surface area contributed by atoms with Gasteiger partial charge < -0.3 is 0 Å². The second-order valence-corrected chi connectivity index (χ2v) is 10.1. The van der Waals surface area contributed by atoms with Crippen molar-refractivity contribution in [1.29, 1.82) is 5.26 Å². The Morgan fingerprint density at radius 1 is 1.06 bits per heavy atom. The lowest BCUT2D eigenvalue weighted by atomic mass is 9.90. The van der Waals surface area contributed by atoms with Gasteiger partial charge in [-0.2, -0.15) is 5.26 Å². The Morgan fingerprint density at radius 2 is 1.83 bits per heavy atom. The first-order valence-corrected chi connectivity index (χ1v) is 12.5. The van der Waals surface area contributed by atoms with Gasteiger partial charge in [-0.05, 0) is 48.9 Å². The molecular formula is C26H20N4O5S. The number of hydroxylamine groups is 1. The van der Waals surface area contributed by atoms with Crippen molar-refractivity contribution in [2.24, 2.45) is 5.92 Å². The van der Waals surface area contributed by atoms with Crippen molar-refractivity contribution < 1.29 is 19.3 Å². The third-order valence-electron chi connectivity index (χ3n) is 7.02. The van der Waals surface area contributed by atoms with E-state index in [-0.39, 0.29) is 5.69 Å². The number of nitriles is 1. The number of thiophene rings is 1. The molecule has 9 nitrogen and oxygen atoms in total. The van der Waals surface area contributed by atoms with Crippen molar-refractivity contribution in [3.05, 3.63) is 86.3 Å². The molecule has 36 heavy (non-hydrogen) atoms. The SMILES string of the molecule is N#Cc1c(N2C(=O)C3ON(c4ccccc4)C(c4cccc([N+](=O)[O-])c4)C3C2=O)sc2c1CCCC2. The first kappa shape index (κ1) is 22.4. The molecule has 1 aromatic heterocycles. The number of fused-ring (bicyclic) bond motifs is 2. The molecule has 2 amide bonds. The number of carbonyl (C=O) groups is 2. The fourth-order valence-corrected chi connectivity index (χ4v) is 6.75. The molecule has 0 spiro atoms. The molecule has 3 aliphatic rings. The second kappa shape index (κ2) is 8.55. The van der Waals surface area contributed by atoms with E-state index in [2.05, 4.69) is 6.07 Å². The molecule has 0 bridgehead atoms. The maximum Gasteiger partial charge on any atom is 0.269 e. The molecule has 3 unspecified atom stereocenters. The Bertz CT molecular complexity index is 1450. The summed E-state index contributed by atoms with van der Waals surface area (Å²) >= 11 is 1.33.